The Morgan fingerprint density at radius 3 is 2.61 bits per heavy atom. The number of ether oxygens (including phenoxy) is 1. The predicted octanol–water partition coefficient (Wildman–Crippen LogP) is 2.85. The average molecular weight is 444 g/mol. The summed E-state index contributed by atoms with van der Waals surface area (Å²) in [4.78, 5) is 31.5. The number of carbonyl (C=O) groups is 1. The number of piperidine rings is 1. The topological polar surface area (TPSA) is 61.8 Å². The number of aryl methyl sites for hydroxylation is 2. The summed E-state index contributed by atoms with van der Waals surface area (Å²) in [5.41, 5.74) is 1.50. The van der Waals surface area contributed by atoms with Gasteiger partial charge in [0, 0.05) is 51.1 Å². The molecule has 2 fully saturated rings. The number of carbonyl (C=O) groups excluding carboxylic acids is 1. The van der Waals surface area contributed by atoms with Gasteiger partial charge in [-0.1, -0.05) is 0 Å². The van der Waals surface area contributed by atoms with Crippen LogP contribution in [0.15, 0.2) is 0 Å². The molecule has 3 aliphatic rings. The van der Waals surface area contributed by atoms with Gasteiger partial charge in [-0.05, 0) is 44.1 Å². The van der Waals surface area contributed by atoms with Crippen molar-refractivity contribution in [1.29, 1.82) is 0 Å². The van der Waals surface area contributed by atoms with E-state index < -0.39 is 0 Å². The zero-order valence-corrected chi connectivity index (χ0v) is 19.5. The summed E-state index contributed by atoms with van der Waals surface area (Å²) in [5, 5.41) is 1.31. The molecule has 5 rings (SSSR count). The van der Waals surface area contributed by atoms with Gasteiger partial charge in [-0.15, -0.1) is 11.3 Å². The van der Waals surface area contributed by atoms with Crippen LogP contribution in [0, 0.1) is 0 Å². The van der Waals surface area contributed by atoms with E-state index >= 15 is 0 Å². The number of thiophene rings is 1. The number of rotatable bonds is 4. The highest BCUT2D eigenvalue weighted by atomic mass is 32.1. The molecule has 0 aromatic carbocycles. The molecule has 7 nitrogen and oxygen atoms in total. The fourth-order valence-corrected chi connectivity index (χ4v) is 6.44. The van der Waals surface area contributed by atoms with Crippen molar-refractivity contribution in [3.8, 4) is 0 Å². The number of amides is 1. The molecule has 0 spiro atoms. The molecule has 0 bridgehead atoms. The minimum atomic E-state index is 0.155. The predicted molar refractivity (Wildman–Crippen MR) is 124 cm³/mol. The number of fused-ring (bicyclic) bond motifs is 3. The van der Waals surface area contributed by atoms with Crippen molar-refractivity contribution in [2.75, 3.05) is 51.3 Å². The van der Waals surface area contributed by atoms with E-state index in [2.05, 4.69) is 9.80 Å². The van der Waals surface area contributed by atoms with E-state index in [0.717, 1.165) is 76.8 Å². The Balaban J connectivity index is 1.46. The summed E-state index contributed by atoms with van der Waals surface area (Å²) in [6, 6.07) is 0.329. The molecule has 1 aliphatic carbocycles. The van der Waals surface area contributed by atoms with Crippen molar-refractivity contribution in [2.24, 2.45) is 0 Å². The lowest BCUT2D eigenvalue weighted by Gasteiger charge is -2.37. The lowest BCUT2D eigenvalue weighted by atomic mass is 9.96. The summed E-state index contributed by atoms with van der Waals surface area (Å²) in [7, 11) is 1.93. The van der Waals surface area contributed by atoms with Crippen LogP contribution in [0.25, 0.3) is 10.2 Å². The van der Waals surface area contributed by atoms with Crippen LogP contribution in [-0.4, -0.2) is 78.2 Å². The molecule has 2 aromatic rings. The van der Waals surface area contributed by atoms with Gasteiger partial charge < -0.3 is 14.5 Å². The van der Waals surface area contributed by atoms with E-state index in [-0.39, 0.29) is 5.91 Å². The minimum absolute atomic E-state index is 0.155. The van der Waals surface area contributed by atoms with Crippen LogP contribution >= 0.6 is 11.3 Å². The summed E-state index contributed by atoms with van der Waals surface area (Å²) >= 11 is 1.89. The Bertz CT molecular complexity index is 947. The second-order valence-electron chi connectivity index (χ2n) is 9.09. The van der Waals surface area contributed by atoms with Crippen molar-refractivity contribution in [3.05, 3.63) is 16.3 Å². The van der Waals surface area contributed by atoms with Gasteiger partial charge in [0.15, 0.2) is 0 Å². The first kappa shape index (κ1) is 21.1. The van der Waals surface area contributed by atoms with E-state index in [9.17, 15) is 4.79 Å². The quantitative estimate of drug-likeness (QED) is 0.724. The highest BCUT2D eigenvalue weighted by Crippen LogP contribution is 2.40. The van der Waals surface area contributed by atoms with Gasteiger partial charge in [0.05, 0.1) is 25.1 Å². The molecule has 2 aliphatic heterocycles. The minimum Gasteiger partial charge on any atom is -0.379 e. The van der Waals surface area contributed by atoms with Crippen molar-refractivity contribution >= 4 is 33.3 Å². The number of hydrogen-bond acceptors (Lipinski definition) is 7. The maximum absolute atomic E-state index is 11.8. The molecule has 4 heterocycles. The second kappa shape index (κ2) is 9.00. The number of nitrogens with zero attached hydrogens (tertiary/aromatic N) is 5. The van der Waals surface area contributed by atoms with Crippen molar-refractivity contribution in [3.63, 3.8) is 0 Å². The molecule has 2 aromatic heterocycles. The van der Waals surface area contributed by atoms with Crippen molar-refractivity contribution in [1.82, 2.24) is 19.8 Å². The maximum atomic E-state index is 11.8. The number of anilines is 1. The number of morpholine rings is 1. The van der Waals surface area contributed by atoms with E-state index in [1.54, 1.807) is 6.92 Å². The molecular weight excluding hydrogens is 410 g/mol. The SMILES string of the molecule is CC(=O)N(C)C1CCN(c2nc(CN3CCOCC3)nc3sc4c(c23)CCCC4)CC1. The average Bonchev–Trinajstić information content (AvgIpc) is 3.17. The van der Waals surface area contributed by atoms with Gasteiger partial charge >= 0.3 is 0 Å². The summed E-state index contributed by atoms with van der Waals surface area (Å²) in [6.45, 7) is 7.81. The first-order chi connectivity index (χ1) is 15.1. The Morgan fingerprint density at radius 1 is 1.13 bits per heavy atom. The molecule has 0 radical (unpaired) electrons. The standard InChI is InChI=1S/C23H33N5O2S/c1-16(29)26(2)17-7-9-28(10-8-17)22-21-18-5-3-4-6-19(18)31-23(21)25-20(24-22)15-27-11-13-30-14-12-27/h17H,3-15H2,1-2H3. The fraction of sp³-hybridized carbons (Fsp3) is 0.696. The van der Waals surface area contributed by atoms with Gasteiger partial charge in [-0.2, -0.15) is 0 Å². The van der Waals surface area contributed by atoms with E-state index in [1.165, 1.54) is 39.9 Å². The van der Waals surface area contributed by atoms with E-state index in [4.69, 9.17) is 14.7 Å². The van der Waals surface area contributed by atoms with Crippen LogP contribution in [0.3, 0.4) is 0 Å². The summed E-state index contributed by atoms with van der Waals surface area (Å²) < 4.78 is 5.51. The van der Waals surface area contributed by atoms with Crippen LogP contribution in [0.1, 0.15) is 48.9 Å². The fourth-order valence-electron chi connectivity index (χ4n) is 5.16. The van der Waals surface area contributed by atoms with E-state index in [1.807, 2.05) is 23.3 Å². The second-order valence-corrected chi connectivity index (χ2v) is 10.2. The molecular formula is C23H33N5O2S. The van der Waals surface area contributed by atoms with Gasteiger partial charge in [0.25, 0.3) is 0 Å². The lowest BCUT2D eigenvalue weighted by Crippen LogP contribution is -2.45. The third-order valence-electron chi connectivity index (χ3n) is 7.12. The Kier molecular flexibility index (Phi) is 6.12. The smallest absolute Gasteiger partial charge is 0.219 e. The maximum Gasteiger partial charge on any atom is 0.219 e. The molecule has 8 heteroatoms. The molecule has 168 valence electrons. The Hall–Kier alpha value is -1.77. The van der Waals surface area contributed by atoms with Crippen molar-refractivity contribution in [2.45, 2.75) is 58.0 Å². The molecule has 0 unspecified atom stereocenters. The molecule has 31 heavy (non-hydrogen) atoms. The first-order valence-electron chi connectivity index (χ1n) is 11.7. The van der Waals surface area contributed by atoms with Gasteiger partial charge in [-0.25, -0.2) is 9.97 Å². The zero-order chi connectivity index (χ0) is 21.4. The summed E-state index contributed by atoms with van der Waals surface area (Å²) in [5.74, 6) is 2.23. The molecule has 0 saturated carbocycles. The normalized spacial score (nSPS) is 20.8. The van der Waals surface area contributed by atoms with Gasteiger partial charge in [0.1, 0.15) is 16.5 Å². The summed E-state index contributed by atoms with van der Waals surface area (Å²) in [6.07, 6.45) is 6.86. The Morgan fingerprint density at radius 2 is 1.87 bits per heavy atom. The largest absolute Gasteiger partial charge is 0.379 e. The zero-order valence-electron chi connectivity index (χ0n) is 18.7. The molecule has 0 N–H and O–H groups in total. The third kappa shape index (κ3) is 4.30. The molecule has 1 amide bonds. The van der Waals surface area contributed by atoms with Crippen LogP contribution in [0.5, 0.6) is 0 Å². The third-order valence-corrected chi connectivity index (χ3v) is 8.30. The molecule has 2 saturated heterocycles. The molecule has 0 atom stereocenters. The highest BCUT2D eigenvalue weighted by molar-refractivity contribution is 7.19. The van der Waals surface area contributed by atoms with Crippen LogP contribution in [0.2, 0.25) is 0 Å². The first-order valence-corrected chi connectivity index (χ1v) is 12.5. The van der Waals surface area contributed by atoms with Gasteiger partial charge in [-0.3, -0.25) is 9.69 Å². The van der Waals surface area contributed by atoms with E-state index in [0.29, 0.717) is 6.04 Å². The number of aromatic nitrogens is 2. The number of hydrogen-bond donors (Lipinski definition) is 0. The van der Waals surface area contributed by atoms with Crippen molar-refractivity contribution < 1.29 is 9.53 Å². The van der Waals surface area contributed by atoms with Crippen LogP contribution in [0.4, 0.5) is 5.82 Å². The highest BCUT2D eigenvalue weighted by Gasteiger charge is 2.29. The van der Waals surface area contributed by atoms with Crippen LogP contribution in [-0.2, 0) is 28.9 Å². The lowest BCUT2D eigenvalue weighted by molar-refractivity contribution is -0.129. The monoisotopic (exact) mass is 443 g/mol. The van der Waals surface area contributed by atoms with Crippen LogP contribution < -0.4 is 4.90 Å². The van der Waals surface area contributed by atoms with Gasteiger partial charge in [0.2, 0.25) is 5.91 Å². The Labute approximate surface area is 188 Å².